The van der Waals surface area contributed by atoms with E-state index in [0.29, 0.717) is 24.3 Å². The van der Waals surface area contributed by atoms with Gasteiger partial charge in [-0.1, -0.05) is 6.07 Å². The first-order valence-electron chi connectivity index (χ1n) is 9.44. The standard InChI is InChI=1S/C22H29NO5S/c1-15-14-16(9-10-17(15)20(24)26-6)27-18(19-8-7-13-29-19)11-12-23(5)21(25)28-22(2,3)4/h7-10,13-14,18H,11-12H2,1-6H3/t18-/m0/s1. The van der Waals surface area contributed by atoms with Gasteiger partial charge < -0.3 is 19.1 Å². The highest BCUT2D eigenvalue weighted by atomic mass is 32.1. The van der Waals surface area contributed by atoms with Gasteiger partial charge in [0.25, 0.3) is 0 Å². The predicted octanol–water partition coefficient (Wildman–Crippen LogP) is 5.22. The molecule has 0 saturated heterocycles. The van der Waals surface area contributed by atoms with Gasteiger partial charge in [-0.3, -0.25) is 0 Å². The summed E-state index contributed by atoms with van der Waals surface area (Å²) in [5.74, 6) is 0.288. The van der Waals surface area contributed by atoms with Crippen molar-refractivity contribution >= 4 is 23.4 Å². The second-order valence-electron chi connectivity index (χ2n) is 7.78. The number of benzene rings is 1. The van der Waals surface area contributed by atoms with Gasteiger partial charge in [-0.15, -0.1) is 11.3 Å². The van der Waals surface area contributed by atoms with Crippen LogP contribution in [0.5, 0.6) is 5.75 Å². The van der Waals surface area contributed by atoms with Crippen LogP contribution < -0.4 is 4.74 Å². The van der Waals surface area contributed by atoms with E-state index < -0.39 is 5.60 Å². The van der Waals surface area contributed by atoms with Crippen molar-refractivity contribution in [1.82, 2.24) is 4.90 Å². The monoisotopic (exact) mass is 419 g/mol. The number of nitrogens with zero attached hydrogens (tertiary/aromatic N) is 1. The maximum atomic E-state index is 12.2. The molecule has 0 unspecified atom stereocenters. The summed E-state index contributed by atoms with van der Waals surface area (Å²) in [6.45, 7) is 7.86. The zero-order valence-electron chi connectivity index (χ0n) is 17.9. The van der Waals surface area contributed by atoms with Crippen LogP contribution in [0, 0.1) is 6.92 Å². The lowest BCUT2D eigenvalue weighted by atomic mass is 10.1. The number of hydrogen-bond donors (Lipinski definition) is 0. The highest BCUT2D eigenvalue weighted by molar-refractivity contribution is 7.10. The first-order chi connectivity index (χ1) is 13.6. The summed E-state index contributed by atoms with van der Waals surface area (Å²) in [5.41, 5.74) is 0.760. The molecule has 2 aromatic rings. The maximum absolute atomic E-state index is 12.2. The van der Waals surface area contributed by atoms with E-state index in [2.05, 4.69) is 0 Å². The number of methoxy groups -OCH3 is 1. The van der Waals surface area contributed by atoms with Crippen molar-refractivity contribution in [2.24, 2.45) is 0 Å². The number of esters is 1. The molecule has 1 aromatic heterocycles. The van der Waals surface area contributed by atoms with Gasteiger partial charge in [0.05, 0.1) is 12.7 Å². The molecule has 0 fully saturated rings. The molecule has 0 aliphatic heterocycles. The number of carbonyl (C=O) groups is 2. The third-order valence-corrected chi connectivity index (χ3v) is 5.14. The molecule has 6 nitrogen and oxygen atoms in total. The Morgan fingerprint density at radius 3 is 2.48 bits per heavy atom. The minimum absolute atomic E-state index is 0.219. The first-order valence-corrected chi connectivity index (χ1v) is 10.3. The molecule has 0 spiro atoms. The van der Waals surface area contributed by atoms with Crippen LogP contribution in [0.2, 0.25) is 0 Å². The van der Waals surface area contributed by atoms with Gasteiger partial charge in [0.1, 0.15) is 17.5 Å². The quantitative estimate of drug-likeness (QED) is 0.576. The van der Waals surface area contributed by atoms with Crippen LogP contribution >= 0.6 is 11.3 Å². The molecule has 2 rings (SSSR count). The van der Waals surface area contributed by atoms with E-state index in [0.717, 1.165) is 10.4 Å². The smallest absolute Gasteiger partial charge is 0.410 e. The molecule has 0 aliphatic carbocycles. The number of rotatable bonds is 7. The lowest BCUT2D eigenvalue weighted by Crippen LogP contribution is -2.35. The van der Waals surface area contributed by atoms with Crippen molar-refractivity contribution < 1.29 is 23.8 Å². The molecule has 1 amide bonds. The first kappa shape index (κ1) is 22.7. The Bertz CT molecular complexity index is 826. The molecule has 158 valence electrons. The van der Waals surface area contributed by atoms with Crippen LogP contribution in [-0.2, 0) is 9.47 Å². The Morgan fingerprint density at radius 1 is 1.21 bits per heavy atom. The molecular weight excluding hydrogens is 390 g/mol. The Labute approximate surface area is 176 Å². The average Bonchev–Trinajstić information content (AvgIpc) is 3.17. The lowest BCUT2D eigenvalue weighted by molar-refractivity contribution is 0.0279. The Balaban J connectivity index is 2.09. The predicted molar refractivity (Wildman–Crippen MR) is 114 cm³/mol. The maximum Gasteiger partial charge on any atom is 0.410 e. The molecule has 7 heteroatoms. The second-order valence-corrected chi connectivity index (χ2v) is 8.76. The van der Waals surface area contributed by atoms with Crippen molar-refractivity contribution in [2.75, 3.05) is 20.7 Å². The summed E-state index contributed by atoms with van der Waals surface area (Å²) < 4.78 is 16.4. The fourth-order valence-electron chi connectivity index (χ4n) is 2.69. The Kier molecular flexibility index (Phi) is 7.67. The molecule has 0 radical (unpaired) electrons. The Morgan fingerprint density at radius 2 is 1.93 bits per heavy atom. The second kappa shape index (κ2) is 9.78. The van der Waals surface area contributed by atoms with Crippen molar-refractivity contribution in [3.05, 3.63) is 51.7 Å². The third-order valence-electron chi connectivity index (χ3n) is 4.17. The number of carbonyl (C=O) groups excluding carboxylic acids is 2. The van der Waals surface area contributed by atoms with E-state index in [1.54, 1.807) is 35.4 Å². The van der Waals surface area contributed by atoms with Crippen LogP contribution in [0.3, 0.4) is 0 Å². The Hall–Kier alpha value is -2.54. The zero-order valence-corrected chi connectivity index (χ0v) is 18.7. The summed E-state index contributed by atoms with van der Waals surface area (Å²) in [5, 5.41) is 1.99. The van der Waals surface area contributed by atoms with Gasteiger partial charge in [0.2, 0.25) is 0 Å². The van der Waals surface area contributed by atoms with Gasteiger partial charge in [0, 0.05) is 24.9 Å². The molecule has 1 heterocycles. The van der Waals surface area contributed by atoms with Crippen LogP contribution in [0.25, 0.3) is 0 Å². The van der Waals surface area contributed by atoms with Crippen molar-refractivity contribution in [3.8, 4) is 5.75 Å². The zero-order chi connectivity index (χ0) is 21.6. The fourth-order valence-corrected chi connectivity index (χ4v) is 3.48. The summed E-state index contributed by atoms with van der Waals surface area (Å²) in [6.07, 6.45) is 0.0256. The van der Waals surface area contributed by atoms with Gasteiger partial charge in [0.15, 0.2) is 0 Å². The minimum Gasteiger partial charge on any atom is -0.485 e. The van der Waals surface area contributed by atoms with Crippen LogP contribution in [0.1, 0.15) is 54.1 Å². The van der Waals surface area contributed by atoms with Gasteiger partial charge in [-0.25, -0.2) is 9.59 Å². The topological polar surface area (TPSA) is 65.1 Å². The largest absolute Gasteiger partial charge is 0.485 e. The van der Waals surface area contributed by atoms with Crippen molar-refractivity contribution in [3.63, 3.8) is 0 Å². The number of thiophene rings is 1. The molecule has 1 aromatic carbocycles. The third kappa shape index (κ3) is 6.78. The number of amides is 1. The van der Waals surface area contributed by atoms with E-state index in [-0.39, 0.29) is 18.2 Å². The van der Waals surface area contributed by atoms with E-state index in [1.165, 1.54) is 7.11 Å². The number of hydrogen-bond acceptors (Lipinski definition) is 6. The summed E-state index contributed by atoms with van der Waals surface area (Å²) in [6, 6.07) is 9.27. The van der Waals surface area contributed by atoms with E-state index in [9.17, 15) is 9.59 Å². The van der Waals surface area contributed by atoms with Crippen LogP contribution in [0.4, 0.5) is 4.79 Å². The molecule has 1 atom stereocenters. The van der Waals surface area contributed by atoms with Crippen LogP contribution in [-0.4, -0.2) is 43.3 Å². The molecule has 0 saturated carbocycles. The van der Waals surface area contributed by atoms with E-state index >= 15 is 0 Å². The van der Waals surface area contributed by atoms with Crippen molar-refractivity contribution in [2.45, 2.75) is 45.8 Å². The van der Waals surface area contributed by atoms with Gasteiger partial charge >= 0.3 is 12.1 Å². The molecule has 0 bridgehead atoms. The van der Waals surface area contributed by atoms with Crippen molar-refractivity contribution in [1.29, 1.82) is 0 Å². The SMILES string of the molecule is COC(=O)c1ccc(O[C@@H](CCN(C)C(=O)OC(C)(C)C)c2cccs2)cc1C. The molecular formula is C22H29NO5S. The van der Waals surface area contributed by atoms with Gasteiger partial charge in [-0.2, -0.15) is 0 Å². The molecule has 0 N–H and O–H groups in total. The lowest BCUT2D eigenvalue weighted by Gasteiger charge is -2.26. The van der Waals surface area contributed by atoms with Crippen LogP contribution in [0.15, 0.2) is 35.7 Å². The molecule has 29 heavy (non-hydrogen) atoms. The highest BCUT2D eigenvalue weighted by Gasteiger charge is 2.22. The normalized spacial score (nSPS) is 12.2. The van der Waals surface area contributed by atoms with Gasteiger partial charge in [-0.05, 0) is 62.9 Å². The number of aryl methyl sites for hydroxylation is 1. The number of ether oxygens (including phenoxy) is 3. The fraction of sp³-hybridized carbons (Fsp3) is 0.455. The van der Waals surface area contributed by atoms with E-state index in [4.69, 9.17) is 14.2 Å². The summed E-state index contributed by atoms with van der Waals surface area (Å²) >= 11 is 1.60. The van der Waals surface area contributed by atoms with E-state index in [1.807, 2.05) is 51.3 Å². The summed E-state index contributed by atoms with van der Waals surface area (Å²) in [4.78, 5) is 26.6. The molecule has 0 aliphatic rings. The summed E-state index contributed by atoms with van der Waals surface area (Å²) in [7, 11) is 3.08. The average molecular weight is 420 g/mol. The minimum atomic E-state index is -0.534. The highest BCUT2D eigenvalue weighted by Crippen LogP contribution is 2.29.